The molecule has 0 aliphatic heterocycles. The summed E-state index contributed by atoms with van der Waals surface area (Å²) in [6, 6.07) is 2.57. The van der Waals surface area contributed by atoms with Crippen molar-refractivity contribution in [3.63, 3.8) is 0 Å². The molecular formula is C11H13FO4. The molecule has 4 nitrogen and oxygen atoms in total. The molecule has 0 bridgehead atoms. The van der Waals surface area contributed by atoms with Crippen molar-refractivity contribution in [2.75, 3.05) is 7.11 Å². The highest BCUT2D eigenvalue weighted by Crippen LogP contribution is 2.30. The molecule has 0 spiro atoms. The molecule has 1 aromatic rings. The molecule has 0 fully saturated rings. The number of carboxylic acids is 1. The van der Waals surface area contributed by atoms with Gasteiger partial charge in [-0.25, -0.2) is 4.39 Å². The summed E-state index contributed by atoms with van der Waals surface area (Å²) in [6.07, 6.45) is -0.0290. The van der Waals surface area contributed by atoms with Crippen molar-refractivity contribution in [3.8, 4) is 11.5 Å². The van der Waals surface area contributed by atoms with Crippen molar-refractivity contribution in [1.29, 1.82) is 0 Å². The molecule has 0 aliphatic rings. The van der Waals surface area contributed by atoms with Gasteiger partial charge in [0.05, 0.1) is 13.0 Å². The molecule has 0 saturated carbocycles. The van der Waals surface area contributed by atoms with Crippen LogP contribution in [0.3, 0.4) is 0 Å². The minimum absolute atomic E-state index is 0.0290. The van der Waals surface area contributed by atoms with Gasteiger partial charge in [0.25, 0.3) is 0 Å². The minimum atomic E-state index is -1.02. The lowest BCUT2D eigenvalue weighted by Crippen LogP contribution is -2.13. The number of phenols is 1. The van der Waals surface area contributed by atoms with Crippen molar-refractivity contribution in [1.82, 2.24) is 0 Å². The molecule has 1 rings (SSSR count). The van der Waals surface area contributed by atoms with E-state index in [4.69, 9.17) is 9.84 Å². The molecule has 0 heterocycles. The second kappa shape index (κ2) is 4.83. The average molecular weight is 228 g/mol. The summed E-state index contributed by atoms with van der Waals surface area (Å²) in [5.74, 6) is -2.86. The van der Waals surface area contributed by atoms with E-state index in [9.17, 15) is 14.3 Å². The van der Waals surface area contributed by atoms with Gasteiger partial charge in [-0.2, -0.15) is 0 Å². The summed E-state index contributed by atoms with van der Waals surface area (Å²) in [4.78, 5) is 10.7. The highest BCUT2D eigenvalue weighted by molar-refractivity contribution is 5.70. The molecule has 1 aromatic carbocycles. The summed E-state index contributed by atoms with van der Waals surface area (Å²) in [6.45, 7) is 1.46. The summed E-state index contributed by atoms with van der Waals surface area (Å²) in [7, 11) is 1.36. The van der Waals surface area contributed by atoms with Crippen LogP contribution in [0.25, 0.3) is 0 Å². The second-order valence-corrected chi connectivity index (χ2v) is 3.52. The normalized spacial score (nSPS) is 12.2. The van der Waals surface area contributed by atoms with Gasteiger partial charge in [-0.3, -0.25) is 4.79 Å². The minimum Gasteiger partial charge on any atom is -0.505 e. The van der Waals surface area contributed by atoms with E-state index in [1.807, 2.05) is 0 Å². The molecule has 0 aliphatic carbocycles. The van der Waals surface area contributed by atoms with E-state index < -0.39 is 23.5 Å². The lowest BCUT2D eigenvalue weighted by molar-refractivity contribution is -0.141. The zero-order valence-corrected chi connectivity index (χ0v) is 9.03. The Morgan fingerprint density at radius 3 is 2.69 bits per heavy atom. The number of ether oxygens (including phenoxy) is 1. The molecule has 0 amide bonds. The maximum atomic E-state index is 13.5. The van der Waals surface area contributed by atoms with Gasteiger partial charge in [-0.1, -0.05) is 6.92 Å². The van der Waals surface area contributed by atoms with E-state index >= 15 is 0 Å². The smallest absolute Gasteiger partial charge is 0.306 e. The van der Waals surface area contributed by atoms with Gasteiger partial charge in [0.15, 0.2) is 11.6 Å². The van der Waals surface area contributed by atoms with Crippen LogP contribution in [0, 0.1) is 11.7 Å². The van der Waals surface area contributed by atoms with E-state index in [0.29, 0.717) is 0 Å². The van der Waals surface area contributed by atoms with Gasteiger partial charge in [0.2, 0.25) is 0 Å². The zero-order chi connectivity index (χ0) is 12.3. The van der Waals surface area contributed by atoms with Crippen molar-refractivity contribution in [2.45, 2.75) is 13.3 Å². The first-order chi connectivity index (χ1) is 7.47. The summed E-state index contributed by atoms with van der Waals surface area (Å²) in [5.41, 5.74) is 0.0809. The van der Waals surface area contributed by atoms with Gasteiger partial charge in [0.1, 0.15) is 5.75 Å². The third-order valence-corrected chi connectivity index (χ3v) is 2.33. The number of halogens is 1. The largest absolute Gasteiger partial charge is 0.505 e. The topological polar surface area (TPSA) is 66.8 Å². The van der Waals surface area contributed by atoms with E-state index in [0.717, 1.165) is 0 Å². The standard InChI is InChI=1S/C11H13FO4/c1-6(11(14)15)5-7-9(16-2)4-3-8(13)10(7)12/h3-4,6,13H,5H2,1-2H3,(H,14,15). The lowest BCUT2D eigenvalue weighted by Gasteiger charge is -2.12. The number of hydrogen-bond donors (Lipinski definition) is 2. The third-order valence-electron chi connectivity index (χ3n) is 2.33. The molecule has 5 heteroatoms. The highest BCUT2D eigenvalue weighted by atomic mass is 19.1. The van der Waals surface area contributed by atoms with E-state index in [2.05, 4.69) is 0 Å². The second-order valence-electron chi connectivity index (χ2n) is 3.52. The van der Waals surface area contributed by atoms with E-state index in [1.165, 1.54) is 26.2 Å². The molecule has 0 aromatic heterocycles. The molecule has 0 saturated heterocycles. The number of aliphatic carboxylic acids is 1. The van der Waals surface area contributed by atoms with Crippen LogP contribution < -0.4 is 4.74 Å². The Hall–Kier alpha value is -1.78. The predicted octanol–water partition coefficient (Wildman–Crippen LogP) is 1.80. The maximum absolute atomic E-state index is 13.5. The number of carbonyl (C=O) groups is 1. The van der Waals surface area contributed by atoms with Crippen molar-refractivity contribution >= 4 is 5.97 Å². The Morgan fingerprint density at radius 2 is 2.19 bits per heavy atom. The third kappa shape index (κ3) is 2.42. The van der Waals surface area contributed by atoms with Gasteiger partial charge >= 0.3 is 5.97 Å². The molecule has 1 unspecified atom stereocenters. The molecule has 2 N–H and O–H groups in total. The summed E-state index contributed by atoms with van der Waals surface area (Å²) >= 11 is 0. The number of carboxylic acid groups (broad SMARTS) is 1. The van der Waals surface area contributed by atoms with E-state index in [1.54, 1.807) is 0 Å². The monoisotopic (exact) mass is 228 g/mol. The van der Waals surface area contributed by atoms with Crippen LogP contribution >= 0.6 is 0 Å². The number of phenolic OH excluding ortho intramolecular Hbond substituents is 1. The van der Waals surface area contributed by atoms with Gasteiger partial charge in [-0.05, 0) is 18.6 Å². The first kappa shape index (κ1) is 12.3. The number of hydrogen-bond acceptors (Lipinski definition) is 3. The number of rotatable bonds is 4. The maximum Gasteiger partial charge on any atom is 0.306 e. The fourth-order valence-electron chi connectivity index (χ4n) is 1.37. The van der Waals surface area contributed by atoms with Crippen LogP contribution in [0.4, 0.5) is 4.39 Å². The lowest BCUT2D eigenvalue weighted by atomic mass is 9.99. The van der Waals surface area contributed by atoms with Crippen LogP contribution in [-0.4, -0.2) is 23.3 Å². The van der Waals surface area contributed by atoms with Crippen molar-refractivity contribution in [3.05, 3.63) is 23.5 Å². The number of benzene rings is 1. The van der Waals surface area contributed by atoms with Gasteiger partial charge in [0, 0.05) is 5.56 Å². The molecule has 16 heavy (non-hydrogen) atoms. The first-order valence-electron chi connectivity index (χ1n) is 4.74. The average Bonchev–Trinajstić information content (AvgIpc) is 2.25. The molecule has 88 valence electrons. The van der Waals surface area contributed by atoms with E-state index in [-0.39, 0.29) is 17.7 Å². The quantitative estimate of drug-likeness (QED) is 0.824. The number of methoxy groups -OCH3 is 1. The Kier molecular flexibility index (Phi) is 3.71. The Balaban J connectivity index is 3.10. The van der Waals surface area contributed by atoms with Crippen molar-refractivity contribution in [2.24, 2.45) is 5.92 Å². The van der Waals surface area contributed by atoms with Crippen LogP contribution in [0.15, 0.2) is 12.1 Å². The SMILES string of the molecule is COc1ccc(O)c(F)c1CC(C)C(=O)O. The van der Waals surface area contributed by atoms with Crippen LogP contribution in [0.5, 0.6) is 11.5 Å². The number of aromatic hydroxyl groups is 1. The predicted molar refractivity (Wildman–Crippen MR) is 55.1 cm³/mol. The van der Waals surface area contributed by atoms with Crippen LogP contribution in [-0.2, 0) is 11.2 Å². The van der Waals surface area contributed by atoms with Crippen molar-refractivity contribution < 1.29 is 24.1 Å². The Morgan fingerprint density at radius 1 is 1.56 bits per heavy atom. The Labute approximate surface area is 92.3 Å². The fraction of sp³-hybridized carbons (Fsp3) is 0.364. The van der Waals surface area contributed by atoms with Gasteiger partial charge < -0.3 is 14.9 Å². The molecule has 0 radical (unpaired) electrons. The molecular weight excluding hydrogens is 215 g/mol. The molecule has 1 atom stereocenters. The van der Waals surface area contributed by atoms with Crippen LogP contribution in [0.2, 0.25) is 0 Å². The van der Waals surface area contributed by atoms with Gasteiger partial charge in [-0.15, -0.1) is 0 Å². The Bertz CT molecular complexity index is 403. The van der Waals surface area contributed by atoms with Crippen LogP contribution in [0.1, 0.15) is 12.5 Å². The zero-order valence-electron chi connectivity index (χ0n) is 9.03. The summed E-state index contributed by atoms with van der Waals surface area (Å²) < 4.78 is 18.5. The highest BCUT2D eigenvalue weighted by Gasteiger charge is 2.19. The summed E-state index contributed by atoms with van der Waals surface area (Å²) in [5, 5.41) is 17.9. The fourth-order valence-corrected chi connectivity index (χ4v) is 1.37. The first-order valence-corrected chi connectivity index (χ1v) is 4.74.